The van der Waals surface area contributed by atoms with Gasteiger partial charge in [-0.1, -0.05) is 0 Å². The second-order valence-electron chi connectivity index (χ2n) is 5.13. The maximum absolute atomic E-state index is 12.1. The van der Waals surface area contributed by atoms with Crippen molar-refractivity contribution in [2.45, 2.75) is 6.92 Å². The largest absolute Gasteiger partial charge is 0.504 e. The van der Waals surface area contributed by atoms with Crippen LogP contribution in [0.5, 0.6) is 11.5 Å². The van der Waals surface area contributed by atoms with Crippen LogP contribution in [0.2, 0.25) is 0 Å². The van der Waals surface area contributed by atoms with Crippen LogP contribution in [0.1, 0.15) is 23.0 Å². The smallest absolute Gasteiger partial charge is 0.291 e. The zero-order valence-electron chi connectivity index (χ0n) is 13.7. The van der Waals surface area contributed by atoms with Gasteiger partial charge in [0.05, 0.1) is 27.2 Å². The molecule has 2 aromatic heterocycles. The molecule has 0 unspecified atom stereocenters. The Bertz CT molecular complexity index is 951. The number of amides is 1. The number of rotatable bonds is 6. The number of nitrogens with zero attached hydrogens (tertiary/aromatic N) is 2. The molecule has 0 aliphatic heterocycles. The number of aromatic hydroxyl groups is 1. The molecule has 1 amide bonds. The molecular weight excluding hydrogens is 420 g/mol. The maximum Gasteiger partial charge on any atom is 0.291 e. The van der Waals surface area contributed by atoms with E-state index in [1.165, 1.54) is 23.6 Å². The van der Waals surface area contributed by atoms with Gasteiger partial charge < -0.3 is 9.84 Å². The lowest BCUT2D eigenvalue weighted by molar-refractivity contribution is 0.0950. The predicted octanol–water partition coefficient (Wildman–Crippen LogP) is 3.77. The van der Waals surface area contributed by atoms with Crippen molar-refractivity contribution in [1.82, 2.24) is 15.6 Å². The summed E-state index contributed by atoms with van der Waals surface area (Å²) in [6, 6.07) is 10.3. The summed E-state index contributed by atoms with van der Waals surface area (Å²) in [6.45, 7) is 2.26. The highest BCUT2D eigenvalue weighted by Crippen LogP contribution is 2.30. The summed E-state index contributed by atoms with van der Waals surface area (Å²) in [4.78, 5) is 13.1. The van der Waals surface area contributed by atoms with Gasteiger partial charge in [0.1, 0.15) is 0 Å². The van der Waals surface area contributed by atoms with Crippen LogP contribution >= 0.6 is 27.3 Å². The van der Waals surface area contributed by atoms with Crippen LogP contribution in [-0.4, -0.2) is 34.0 Å². The van der Waals surface area contributed by atoms with Crippen molar-refractivity contribution in [3.8, 4) is 22.1 Å². The molecule has 26 heavy (non-hydrogen) atoms. The lowest BCUT2D eigenvalue weighted by Gasteiger charge is -2.05. The second-order valence-corrected chi connectivity index (χ2v) is 7.59. The van der Waals surface area contributed by atoms with E-state index in [9.17, 15) is 9.90 Å². The third kappa shape index (κ3) is 4.30. The van der Waals surface area contributed by atoms with Crippen LogP contribution in [0.3, 0.4) is 0 Å². The fourth-order valence-corrected chi connectivity index (χ4v) is 3.48. The van der Waals surface area contributed by atoms with Crippen LogP contribution in [0.25, 0.3) is 10.6 Å². The molecule has 1 aromatic carbocycles. The Balaban J connectivity index is 1.64. The topological polar surface area (TPSA) is 99.6 Å². The molecule has 3 aromatic rings. The summed E-state index contributed by atoms with van der Waals surface area (Å²) in [7, 11) is 0. The molecule has 134 valence electrons. The number of aromatic nitrogens is 2. The lowest BCUT2D eigenvalue weighted by atomic mass is 10.2. The molecule has 9 heteroatoms. The number of aromatic amines is 1. The van der Waals surface area contributed by atoms with Crippen molar-refractivity contribution < 1.29 is 14.6 Å². The number of hydrogen-bond acceptors (Lipinski definition) is 6. The van der Waals surface area contributed by atoms with Gasteiger partial charge in [0.15, 0.2) is 17.2 Å². The van der Waals surface area contributed by atoms with Crippen LogP contribution < -0.4 is 10.2 Å². The third-order valence-corrected chi connectivity index (χ3v) is 4.97. The van der Waals surface area contributed by atoms with E-state index < -0.39 is 5.91 Å². The van der Waals surface area contributed by atoms with E-state index in [1.807, 2.05) is 19.1 Å². The molecule has 0 bridgehead atoms. The van der Waals surface area contributed by atoms with Gasteiger partial charge in [0, 0.05) is 0 Å². The first kappa shape index (κ1) is 18.2. The first-order chi connectivity index (χ1) is 12.6. The normalized spacial score (nSPS) is 11.0. The third-order valence-electron chi connectivity index (χ3n) is 3.31. The fourth-order valence-electron chi connectivity index (χ4n) is 2.13. The lowest BCUT2D eigenvalue weighted by Crippen LogP contribution is -2.18. The number of hydrazone groups is 1. The van der Waals surface area contributed by atoms with Gasteiger partial charge in [-0.15, -0.1) is 11.3 Å². The number of hydrogen-bond donors (Lipinski definition) is 3. The van der Waals surface area contributed by atoms with E-state index in [2.05, 4.69) is 36.7 Å². The minimum Gasteiger partial charge on any atom is -0.504 e. The summed E-state index contributed by atoms with van der Waals surface area (Å²) in [5.41, 5.74) is 4.10. The molecule has 0 fully saturated rings. The molecule has 0 saturated carbocycles. The van der Waals surface area contributed by atoms with Crippen LogP contribution in [0.15, 0.2) is 45.3 Å². The van der Waals surface area contributed by atoms with Crippen LogP contribution in [0.4, 0.5) is 0 Å². The van der Waals surface area contributed by atoms with E-state index in [0.29, 0.717) is 17.9 Å². The van der Waals surface area contributed by atoms with Gasteiger partial charge in [-0.3, -0.25) is 9.89 Å². The second kappa shape index (κ2) is 8.15. The molecule has 3 N–H and O–H groups in total. The first-order valence-electron chi connectivity index (χ1n) is 7.67. The van der Waals surface area contributed by atoms with Gasteiger partial charge in [0.25, 0.3) is 5.91 Å². The molecule has 0 aliphatic carbocycles. The maximum atomic E-state index is 12.1. The number of carbonyl (C=O) groups is 1. The molecule has 0 saturated heterocycles. The highest BCUT2D eigenvalue weighted by Gasteiger charge is 2.12. The summed E-state index contributed by atoms with van der Waals surface area (Å²) in [6.07, 6.45) is 1.46. The SMILES string of the molecule is CCOc1cc(C=NNC(=O)c2cc(-c3ccc(Br)s3)[nH]n2)ccc1O. The Morgan fingerprint density at radius 1 is 1.42 bits per heavy atom. The number of phenols is 1. The summed E-state index contributed by atoms with van der Waals surface area (Å²) >= 11 is 4.94. The predicted molar refractivity (Wildman–Crippen MR) is 104 cm³/mol. The number of ether oxygens (including phenoxy) is 1. The van der Waals surface area contributed by atoms with Gasteiger partial charge in [0.2, 0.25) is 0 Å². The first-order valence-corrected chi connectivity index (χ1v) is 9.28. The van der Waals surface area contributed by atoms with Crippen molar-refractivity contribution in [3.05, 3.63) is 51.4 Å². The van der Waals surface area contributed by atoms with Gasteiger partial charge in [-0.05, 0) is 64.8 Å². The summed E-state index contributed by atoms with van der Waals surface area (Å²) in [5.74, 6) is -0.0117. The van der Waals surface area contributed by atoms with Crippen LogP contribution in [-0.2, 0) is 0 Å². The van der Waals surface area contributed by atoms with E-state index >= 15 is 0 Å². The average molecular weight is 435 g/mol. The number of carbonyl (C=O) groups excluding carboxylic acids is 1. The quantitative estimate of drug-likeness (QED) is 0.406. The van der Waals surface area contributed by atoms with E-state index in [-0.39, 0.29) is 11.4 Å². The molecule has 7 nitrogen and oxygen atoms in total. The highest BCUT2D eigenvalue weighted by molar-refractivity contribution is 9.11. The van der Waals surface area contributed by atoms with E-state index in [1.54, 1.807) is 18.2 Å². The van der Waals surface area contributed by atoms with E-state index in [0.717, 1.165) is 14.4 Å². The molecule has 0 aliphatic rings. The molecule has 0 spiro atoms. The summed E-state index contributed by atoms with van der Waals surface area (Å²) < 4.78 is 6.30. The molecule has 0 radical (unpaired) electrons. The Hall–Kier alpha value is -2.65. The van der Waals surface area contributed by atoms with E-state index in [4.69, 9.17) is 4.74 Å². The minimum atomic E-state index is -0.428. The molecule has 2 heterocycles. The molecule has 3 rings (SSSR count). The zero-order chi connectivity index (χ0) is 18.5. The molecule has 0 atom stereocenters. The van der Waals surface area contributed by atoms with Gasteiger partial charge in [-0.2, -0.15) is 10.2 Å². The number of nitrogens with one attached hydrogen (secondary N) is 2. The number of benzene rings is 1. The standard InChI is InChI=1S/C17H15BrN4O3S/c1-2-25-14-7-10(3-4-13(14)23)9-19-22-17(24)12-8-11(20-21-12)15-5-6-16(18)26-15/h3-9,23H,2H2,1H3,(H,20,21)(H,22,24). The Kier molecular flexibility index (Phi) is 5.69. The van der Waals surface area contributed by atoms with Crippen molar-refractivity contribution in [2.75, 3.05) is 6.61 Å². The summed E-state index contributed by atoms with van der Waals surface area (Å²) in [5, 5.41) is 20.4. The number of thiophene rings is 1. The molecular formula is C17H15BrN4O3S. The van der Waals surface area contributed by atoms with Crippen LogP contribution in [0, 0.1) is 0 Å². The zero-order valence-corrected chi connectivity index (χ0v) is 16.1. The minimum absolute atomic E-state index is 0.0531. The van der Waals surface area contributed by atoms with Crippen molar-refractivity contribution in [1.29, 1.82) is 0 Å². The van der Waals surface area contributed by atoms with Crippen molar-refractivity contribution in [3.63, 3.8) is 0 Å². The monoisotopic (exact) mass is 434 g/mol. The Morgan fingerprint density at radius 3 is 3.00 bits per heavy atom. The highest BCUT2D eigenvalue weighted by atomic mass is 79.9. The van der Waals surface area contributed by atoms with Gasteiger partial charge >= 0.3 is 0 Å². The Labute approximate surface area is 161 Å². The van der Waals surface area contributed by atoms with Crippen molar-refractivity contribution >= 4 is 39.4 Å². The average Bonchev–Trinajstić information content (AvgIpc) is 3.27. The number of H-pyrrole nitrogens is 1. The van der Waals surface area contributed by atoms with Gasteiger partial charge in [-0.25, -0.2) is 5.43 Å². The Morgan fingerprint density at radius 2 is 2.27 bits per heavy atom. The number of halogens is 1. The fraction of sp³-hybridized carbons (Fsp3) is 0.118. The number of phenolic OH excluding ortho intramolecular Hbond substituents is 1. The van der Waals surface area contributed by atoms with Crippen molar-refractivity contribution in [2.24, 2.45) is 5.10 Å².